The molecule has 0 aliphatic carbocycles. The van der Waals surface area contributed by atoms with E-state index in [2.05, 4.69) is 0 Å². The second kappa shape index (κ2) is 5.03. The molecule has 0 radical (unpaired) electrons. The third-order valence-electron chi connectivity index (χ3n) is 2.05. The van der Waals surface area contributed by atoms with Crippen molar-refractivity contribution in [2.45, 2.75) is 44.9 Å². The van der Waals surface area contributed by atoms with Gasteiger partial charge in [-0.05, 0) is 20.3 Å². The number of carbonyl (C=O) groups is 1. The van der Waals surface area contributed by atoms with Gasteiger partial charge >= 0.3 is 0 Å². The van der Waals surface area contributed by atoms with E-state index < -0.39 is 18.2 Å². The first-order chi connectivity index (χ1) is 6.92. The Kier molecular flexibility index (Phi) is 4.21. The zero-order valence-electron chi connectivity index (χ0n) is 9.36. The lowest BCUT2D eigenvalue weighted by Crippen LogP contribution is -2.32. The first-order valence-corrected chi connectivity index (χ1v) is 4.99. The van der Waals surface area contributed by atoms with Gasteiger partial charge in [0.15, 0.2) is 17.9 Å². The van der Waals surface area contributed by atoms with E-state index in [1.807, 2.05) is 0 Å². The molecule has 1 N–H and O–H groups in total. The number of hydrogen-bond donors (Lipinski definition) is 1. The molecule has 1 aliphatic rings. The summed E-state index contributed by atoms with van der Waals surface area (Å²) in [6.45, 7) is 3.11. The van der Waals surface area contributed by atoms with Gasteiger partial charge in [0.2, 0.25) is 0 Å². The van der Waals surface area contributed by atoms with Gasteiger partial charge in [-0.3, -0.25) is 4.79 Å². The molecule has 0 spiro atoms. The van der Waals surface area contributed by atoms with E-state index in [0.717, 1.165) is 0 Å². The number of ketones is 1. The Hall–Kier alpha value is -0.490. The summed E-state index contributed by atoms with van der Waals surface area (Å²) in [5.74, 6) is -1.32. The number of hydrogen-bond acceptors (Lipinski definition) is 5. The van der Waals surface area contributed by atoms with Crippen molar-refractivity contribution in [3.05, 3.63) is 0 Å². The van der Waals surface area contributed by atoms with Gasteiger partial charge in [-0.15, -0.1) is 0 Å². The van der Waals surface area contributed by atoms with E-state index in [1.165, 1.54) is 21.0 Å². The molecule has 2 atom stereocenters. The predicted molar refractivity (Wildman–Crippen MR) is 52.2 cm³/mol. The Morgan fingerprint density at radius 3 is 2.73 bits per heavy atom. The maximum absolute atomic E-state index is 11.4. The summed E-state index contributed by atoms with van der Waals surface area (Å²) >= 11 is 0. The number of methoxy groups -OCH3 is 1. The number of aliphatic hydroxyl groups is 1. The quantitative estimate of drug-likeness (QED) is 0.679. The van der Waals surface area contributed by atoms with Crippen molar-refractivity contribution in [1.82, 2.24) is 0 Å². The minimum Gasteiger partial charge on any atom is -0.377 e. The minimum absolute atomic E-state index is 0.0555. The Labute approximate surface area is 89.3 Å². The summed E-state index contributed by atoms with van der Waals surface area (Å²) in [5, 5.41) is 9.39. The van der Waals surface area contributed by atoms with Crippen LogP contribution in [0.3, 0.4) is 0 Å². The molecule has 0 aromatic carbocycles. The van der Waals surface area contributed by atoms with Gasteiger partial charge in [-0.25, -0.2) is 0 Å². The monoisotopic (exact) mass is 218 g/mol. The topological polar surface area (TPSA) is 65.0 Å². The van der Waals surface area contributed by atoms with Crippen LogP contribution in [0.25, 0.3) is 0 Å². The largest absolute Gasteiger partial charge is 0.377 e. The van der Waals surface area contributed by atoms with Crippen LogP contribution in [0.1, 0.15) is 26.7 Å². The molecule has 1 aliphatic heterocycles. The van der Waals surface area contributed by atoms with Crippen molar-refractivity contribution in [3.8, 4) is 0 Å². The van der Waals surface area contributed by atoms with E-state index in [4.69, 9.17) is 14.2 Å². The van der Waals surface area contributed by atoms with Crippen LogP contribution in [0.5, 0.6) is 0 Å². The van der Waals surface area contributed by atoms with Crippen LogP contribution in [0.2, 0.25) is 0 Å². The SMILES string of the molecule is COCC(=O)[C@@H]1CC[C@@H](OC(C)(C)O)O1. The molecule has 0 amide bonds. The molecule has 0 saturated carbocycles. The van der Waals surface area contributed by atoms with E-state index in [1.54, 1.807) is 0 Å². The van der Waals surface area contributed by atoms with Crippen LogP contribution in [-0.2, 0) is 19.0 Å². The summed E-state index contributed by atoms with van der Waals surface area (Å²) in [7, 11) is 1.47. The molecule has 0 bridgehead atoms. The van der Waals surface area contributed by atoms with Crippen molar-refractivity contribution < 1.29 is 24.1 Å². The van der Waals surface area contributed by atoms with Gasteiger partial charge in [-0.2, -0.15) is 0 Å². The lowest BCUT2D eigenvalue weighted by Gasteiger charge is -2.23. The fraction of sp³-hybridized carbons (Fsp3) is 0.900. The Morgan fingerprint density at radius 2 is 2.20 bits per heavy atom. The summed E-state index contributed by atoms with van der Waals surface area (Å²) in [4.78, 5) is 11.4. The van der Waals surface area contributed by atoms with Crippen molar-refractivity contribution in [3.63, 3.8) is 0 Å². The number of ether oxygens (including phenoxy) is 3. The Bertz CT molecular complexity index is 220. The van der Waals surface area contributed by atoms with Gasteiger partial charge in [-0.1, -0.05) is 0 Å². The maximum Gasteiger partial charge on any atom is 0.187 e. The molecule has 0 unspecified atom stereocenters. The standard InChI is InChI=1S/C10H18O5/c1-10(2,12)15-9-5-4-8(14-9)7(11)6-13-3/h8-9,12H,4-6H2,1-3H3/t8-,9+/m0/s1. The van der Waals surface area contributed by atoms with Crippen LogP contribution in [0.4, 0.5) is 0 Å². The molecule has 15 heavy (non-hydrogen) atoms. The average molecular weight is 218 g/mol. The smallest absolute Gasteiger partial charge is 0.187 e. The fourth-order valence-corrected chi connectivity index (χ4v) is 1.49. The summed E-state index contributed by atoms with van der Waals surface area (Å²) < 4.78 is 15.3. The lowest BCUT2D eigenvalue weighted by molar-refractivity contribution is -0.267. The predicted octanol–water partition coefficient (Wildman–Crippen LogP) is 0.452. The Morgan fingerprint density at radius 1 is 1.53 bits per heavy atom. The van der Waals surface area contributed by atoms with Crippen LogP contribution < -0.4 is 0 Å². The van der Waals surface area contributed by atoms with Crippen LogP contribution in [0.15, 0.2) is 0 Å². The first kappa shape index (κ1) is 12.6. The highest BCUT2D eigenvalue weighted by Gasteiger charge is 2.33. The van der Waals surface area contributed by atoms with Crippen molar-refractivity contribution in [2.75, 3.05) is 13.7 Å². The first-order valence-electron chi connectivity index (χ1n) is 4.99. The van der Waals surface area contributed by atoms with Crippen LogP contribution in [0, 0.1) is 0 Å². The summed E-state index contributed by atoms with van der Waals surface area (Å²) in [5.41, 5.74) is 0. The second-order valence-electron chi connectivity index (χ2n) is 4.10. The Balaban J connectivity index is 2.36. The maximum atomic E-state index is 11.4. The molecule has 5 heteroatoms. The highest BCUT2D eigenvalue weighted by atomic mass is 16.7. The highest BCUT2D eigenvalue weighted by Crippen LogP contribution is 2.24. The van der Waals surface area contributed by atoms with Gasteiger partial charge in [0.05, 0.1) is 0 Å². The molecule has 1 fully saturated rings. The molecular weight excluding hydrogens is 200 g/mol. The molecule has 0 aromatic rings. The van der Waals surface area contributed by atoms with Crippen LogP contribution in [-0.4, -0.2) is 42.8 Å². The second-order valence-corrected chi connectivity index (χ2v) is 4.10. The molecule has 1 heterocycles. The van der Waals surface area contributed by atoms with E-state index >= 15 is 0 Å². The van der Waals surface area contributed by atoms with Crippen molar-refractivity contribution in [1.29, 1.82) is 0 Å². The summed E-state index contributed by atoms with van der Waals surface area (Å²) in [6.07, 6.45) is 0.265. The molecule has 1 saturated heterocycles. The normalized spacial score (nSPS) is 26.9. The molecule has 88 valence electrons. The number of carbonyl (C=O) groups excluding carboxylic acids is 1. The molecule has 5 nitrogen and oxygen atoms in total. The van der Waals surface area contributed by atoms with Gasteiger partial charge < -0.3 is 19.3 Å². The van der Waals surface area contributed by atoms with Gasteiger partial charge in [0.1, 0.15) is 12.7 Å². The van der Waals surface area contributed by atoms with Gasteiger partial charge in [0.25, 0.3) is 0 Å². The third-order valence-corrected chi connectivity index (χ3v) is 2.05. The van der Waals surface area contributed by atoms with E-state index in [0.29, 0.717) is 12.8 Å². The zero-order chi connectivity index (χ0) is 11.5. The van der Waals surface area contributed by atoms with Crippen molar-refractivity contribution >= 4 is 5.78 Å². The van der Waals surface area contributed by atoms with Gasteiger partial charge in [0, 0.05) is 13.5 Å². The molecule has 1 rings (SSSR count). The van der Waals surface area contributed by atoms with E-state index in [-0.39, 0.29) is 12.4 Å². The highest BCUT2D eigenvalue weighted by molar-refractivity contribution is 5.84. The third kappa shape index (κ3) is 4.25. The number of Topliss-reactive ketones (excluding diaryl/α,β-unsaturated/α-hetero) is 1. The molecule has 0 aromatic heterocycles. The average Bonchev–Trinajstić information content (AvgIpc) is 2.50. The van der Waals surface area contributed by atoms with Crippen molar-refractivity contribution in [2.24, 2.45) is 0 Å². The number of rotatable bonds is 5. The zero-order valence-corrected chi connectivity index (χ0v) is 9.36. The lowest BCUT2D eigenvalue weighted by atomic mass is 10.2. The fourth-order valence-electron chi connectivity index (χ4n) is 1.49. The van der Waals surface area contributed by atoms with Crippen LogP contribution >= 0.6 is 0 Å². The minimum atomic E-state index is -1.23. The summed E-state index contributed by atoms with van der Waals surface area (Å²) in [6, 6.07) is 0. The van der Waals surface area contributed by atoms with E-state index in [9.17, 15) is 9.90 Å². The molecular formula is C10H18O5.